The van der Waals surface area contributed by atoms with Gasteiger partial charge in [-0.1, -0.05) is 0 Å². The predicted octanol–water partition coefficient (Wildman–Crippen LogP) is 3.08. The monoisotopic (exact) mass is 342 g/mol. The molecule has 0 aliphatic carbocycles. The van der Waals surface area contributed by atoms with Crippen molar-refractivity contribution in [3.63, 3.8) is 0 Å². The molecule has 20 heavy (non-hydrogen) atoms. The van der Waals surface area contributed by atoms with E-state index in [1.807, 2.05) is 0 Å². The quantitative estimate of drug-likeness (QED) is 0.745. The van der Waals surface area contributed by atoms with Crippen LogP contribution in [0.5, 0.6) is 5.75 Å². The molecule has 0 unspecified atom stereocenters. The Morgan fingerprint density at radius 3 is 2.80 bits per heavy atom. The van der Waals surface area contributed by atoms with E-state index in [1.165, 1.54) is 0 Å². The third kappa shape index (κ3) is 4.30. The van der Waals surface area contributed by atoms with Crippen molar-refractivity contribution in [1.29, 1.82) is 0 Å². The van der Waals surface area contributed by atoms with Crippen LogP contribution in [0.3, 0.4) is 0 Å². The van der Waals surface area contributed by atoms with Crippen molar-refractivity contribution in [2.24, 2.45) is 5.92 Å². The average Bonchev–Trinajstić information content (AvgIpc) is 2.48. The third-order valence-electron chi connectivity index (χ3n) is 3.40. The molecule has 0 bridgehead atoms. The summed E-state index contributed by atoms with van der Waals surface area (Å²) in [7, 11) is 1.60. The van der Waals surface area contributed by atoms with Gasteiger partial charge in [0.2, 0.25) is 0 Å². The molecule has 0 atom stereocenters. The number of rotatable bonds is 6. The van der Waals surface area contributed by atoms with Crippen LogP contribution in [0, 0.1) is 5.92 Å². The zero-order valence-corrected chi connectivity index (χ0v) is 13.1. The van der Waals surface area contributed by atoms with Crippen molar-refractivity contribution in [1.82, 2.24) is 0 Å². The molecule has 1 aliphatic rings. The highest BCUT2D eigenvalue weighted by molar-refractivity contribution is 9.10. The van der Waals surface area contributed by atoms with E-state index in [9.17, 15) is 4.79 Å². The Bertz CT molecular complexity index is 455. The standard InChI is InChI=1S/C15H19BrO4/c1-18-15-3-2-12(8-13(15)16)14(17)10-20-9-11-4-6-19-7-5-11/h2-3,8,11H,4-7,9-10H2,1H3. The second-order valence-corrected chi connectivity index (χ2v) is 5.70. The minimum Gasteiger partial charge on any atom is -0.496 e. The Labute approximate surface area is 127 Å². The molecule has 0 spiro atoms. The fourth-order valence-electron chi connectivity index (χ4n) is 2.15. The van der Waals surface area contributed by atoms with Gasteiger partial charge in [-0.15, -0.1) is 0 Å². The summed E-state index contributed by atoms with van der Waals surface area (Å²) in [5, 5.41) is 0. The molecule has 4 nitrogen and oxygen atoms in total. The SMILES string of the molecule is COc1ccc(C(=O)COCC2CCOCC2)cc1Br. The Morgan fingerprint density at radius 1 is 1.40 bits per heavy atom. The van der Waals surface area contributed by atoms with Crippen LogP contribution in [0.1, 0.15) is 23.2 Å². The van der Waals surface area contributed by atoms with Crippen LogP contribution in [-0.4, -0.2) is 39.3 Å². The smallest absolute Gasteiger partial charge is 0.188 e. The Hall–Kier alpha value is -0.910. The van der Waals surface area contributed by atoms with Gasteiger partial charge >= 0.3 is 0 Å². The maximum Gasteiger partial charge on any atom is 0.188 e. The van der Waals surface area contributed by atoms with Gasteiger partial charge in [0.05, 0.1) is 18.2 Å². The molecule has 0 aromatic heterocycles. The van der Waals surface area contributed by atoms with Gasteiger partial charge in [0.25, 0.3) is 0 Å². The van der Waals surface area contributed by atoms with Crippen molar-refractivity contribution in [2.75, 3.05) is 33.5 Å². The minimum atomic E-state index is -0.0135. The van der Waals surface area contributed by atoms with Crippen molar-refractivity contribution in [3.8, 4) is 5.75 Å². The Balaban J connectivity index is 1.80. The zero-order chi connectivity index (χ0) is 14.4. The van der Waals surface area contributed by atoms with Crippen molar-refractivity contribution in [3.05, 3.63) is 28.2 Å². The molecule has 0 amide bonds. The molecular formula is C15H19BrO4. The lowest BCUT2D eigenvalue weighted by molar-refractivity contribution is 0.0216. The largest absolute Gasteiger partial charge is 0.496 e. The van der Waals surface area contributed by atoms with Crippen LogP contribution >= 0.6 is 15.9 Å². The van der Waals surface area contributed by atoms with E-state index in [0.717, 1.165) is 30.5 Å². The van der Waals surface area contributed by atoms with Gasteiger partial charge in [-0.3, -0.25) is 4.79 Å². The fourth-order valence-corrected chi connectivity index (χ4v) is 2.70. The summed E-state index contributed by atoms with van der Waals surface area (Å²) in [6.07, 6.45) is 2.03. The van der Waals surface area contributed by atoms with E-state index < -0.39 is 0 Å². The molecule has 1 aliphatic heterocycles. The first-order valence-corrected chi connectivity index (χ1v) is 7.52. The number of benzene rings is 1. The van der Waals surface area contributed by atoms with E-state index in [4.69, 9.17) is 14.2 Å². The lowest BCUT2D eigenvalue weighted by Crippen LogP contribution is -2.21. The number of carbonyl (C=O) groups excluding carboxylic acids is 1. The molecule has 0 N–H and O–H groups in total. The van der Waals surface area contributed by atoms with Crippen LogP contribution in [0.2, 0.25) is 0 Å². The summed E-state index contributed by atoms with van der Waals surface area (Å²) < 4.78 is 16.7. The summed E-state index contributed by atoms with van der Waals surface area (Å²) in [6.45, 7) is 2.35. The molecule has 1 fully saturated rings. The Morgan fingerprint density at radius 2 is 2.15 bits per heavy atom. The van der Waals surface area contributed by atoms with Gasteiger partial charge in [0, 0.05) is 18.8 Å². The highest BCUT2D eigenvalue weighted by atomic mass is 79.9. The van der Waals surface area contributed by atoms with Gasteiger partial charge in [-0.2, -0.15) is 0 Å². The third-order valence-corrected chi connectivity index (χ3v) is 4.02. The van der Waals surface area contributed by atoms with Crippen LogP contribution in [-0.2, 0) is 9.47 Å². The number of halogens is 1. The van der Waals surface area contributed by atoms with Crippen molar-refractivity contribution < 1.29 is 19.0 Å². The fraction of sp³-hybridized carbons (Fsp3) is 0.533. The normalized spacial score (nSPS) is 16.1. The summed E-state index contributed by atoms with van der Waals surface area (Å²) in [5.74, 6) is 1.21. The molecule has 0 radical (unpaired) electrons. The Kier molecular flexibility index (Phi) is 6.01. The molecule has 1 heterocycles. The summed E-state index contributed by atoms with van der Waals surface area (Å²) in [5.41, 5.74) is 0.629. The first-order valence-electron chi connectivity index (χ1n) is 6.73. The number of carbonyl (C=O) groups is 1. The molecule has 5 heteroatoms. The van der Waals surface area contributed by atoms with E-state index in [0.29, 0.717) is 23.8 Å². The predicted molar refractivity (Wildman–Crippen MR) is 79.4 cm³/mol. The summed E-state index contributed by atoms with van der Waals surface area (Å²) in [4.78, 5) is 12.0. The van der Waals surface area contributed by atoms with E-state index in [1.54, 1.807) is 25.3 Å². The summed E-state index contributed by atoms with van der Waals surface area (Å²) in [6, 6.07) is 5.29. The first-order chi connectivity index (χ1) is 9.70. The lowest BCUT2D eigenvalue weighted by Gasteiger charge is -2.21. The van der Waals surface area contributed by atoms with Gasteiger partial charge in [-0.25, -0.2) is 0 Å². The second-order valence-electron chi connectivity index (χ2n) is 4.84. The molecule has 1 aromatic carbocycles. The van der Waals surface area contributed by atoms with Gasteiger partial charge in [0.1, 0.15) is 12.4 Å². The van der Waals surface area contributed by atoms with E-state index in [-0.39, 0.29) is 12.4 Å². The number of methoxy groups -OCH3 is 1. The van der Waals surface area contributed by atoms with Crippen LogP contribution in [0.15, 0.2) is 22.7 Å². The van der Waals surface area contributed by atoms with Crippen LogP contribution in [0.4, 0.5) is 0 Å². The number of hydrogen-bond acceptors (Lipinski definition) is 4. The van der Waals surface area contributed by atoms with Gasteiger partial charge < -0.3 is 14.2 Å². The van der Waals surface area contributed by atoms with Crippen LogP contribution < -0.4 is 4.74 Å². The lowest BCUT2D eigenvalue weighted by atomic mass is 10.0. The number of hydrogen-bond donors (Lipinski definition) is 0. The van der Waals surface area contributed by atoms with E-state index >= 15 is 0 Å². The number of ether oxygens (including phenoxy) is 3. The van der Waals surface area contributed by atoms with E-state index in [2.05, 4.69) is 15.9 Å². The first kappa shape index (κ1) is 15.5. The summed E-state index contributed by atoms with van der Waals surface area (Å²) >= 11 is 3.37. The highest BCUT2D eigenvalue weighted by Crippen LogP contribution is 2.25. The molecule has 1 aromatic rings. The highest BCUT2D eigenvalue weighted by Gasteiger charge is 2.15. The number of ketones is 1. The molecule has 1 saturated heterocycles. The molecular weight excluding hydrogens is 324 g/mol. The second kappa shape index (κ2) is 7.76. The zero-order valence-electron chi connectivity index (χ0n) is 11.6. The van der Waals surface area contributed by atoms with Crippen LogP contribution in [0.25, 0.3) is 0 Å². The maximum atomic E-state index is 12.0. The molecule has 110 valence electrons. The number of Topliss-reactive ketones (excluding diaryl/α,β-unsaturated/α-hetero) is 1. The molecule has 2 rings (SSSR count). The van der Waals surface area contributed by atoms with Gasteiger partial charge in [-0.05, 0) is 52.9 Å². The topological polar surface area (TPSA) is 44.8 Å². The minimum absolute atomic E-state index is 0.0135. The van der Waals surface area contributed by atoms with Crippen molar-refractivity contribution in [2.45, 2.75) is 12.8 Å². The molecule has 0 saturated carbocycles. The maximum absolute atomic E-state index is 12.0. The average molecular weight is 343 g/mol. The van der Waals surface area contributed by atoms with Crippen molar-refractivity contribution >= 4 is 21.7 Å². The van der Waals surface area contributed by atoms with Gasteiger partial charge in [0.15, 0.2) is 5.78 Å².